The zero-order valence-electron chi connectivity index (χ0n) is 8.31. The lowest BCUT2D eigenvalue weighted by Crippen LogP contribution is -2.19. The third kappa shape index (κ3) is 4.31. The minimum absolute atomic E-state index is 0.271. The van der Waals surface area contributed by atoms with Gasteiger partial charge in [-0.1, -0.05) is 0 Å². The number of nitrogens with zero attached hydrogens (tertiary/aromatic N) is 2. The van der Waals surface area contributed by atoms with E-state index in [1.54, 1.807) is 0 Å². The molecule has 0 fully saturated rings. The van der Waals surface area contributed by atoms with Gasteiger partial charge < -0.3 is 14.9 Å². The molecule has 0 amide bonds. The van der Waals surface area contributed by atoms with Crippen LogP contribution in [0.2, 0.25) is 0 Å². The fraction of sp³-hybridized carbons (Fsp3) is 0.167. The molecular weight excluding hydrogens is 431 g/mol. The molecule has 0 saturated heterocycles. The fourth-order valence-corrected chi connectivity index (χ4v) is 2.65. The van der Waals surface area contributed by atoms with Gasteiger partial charge in [0.1, 0.15) is 0 Å². The number of pyridine rings is 1. The SMILES string of the molecule is O=[N+]([O-])c1nc(I)cc(OC(F)(F)F)c1S(=O)(=O)Cl. The van der Waals surface area contributed by atoms with Gasteiger partial charge in [-0.3, -0.25) is 0 Å². The lowest BCUT2D eigenvalue weighted by molar-refractivity contribution is -0.393. The molecule has 0 radical (unpaired) electrons. The summed E-state index contributed by atoms with van der Waals surface area (Å²) in [5, 5.41) is 10.6. The number of hydrogen-bond acceptors (Lipinski definition) is 6. The maximum Gasteiger partial charge on any atom is 0.573 e. The van der Waals surface area contributed by atoms with Gasteiger partial charge in [0.25, 0.3) is 9.05 Å². The largest absolute Gasteiger partial charge is 0.573 e. The van der Waals surface area contributed by atoms with Gasteiger partial charge in [-0.05, 0) is 9.91 Å². The van der Waals surface area contributed by atoms with Crippen LogP contribution in [0.15, 0.2) is 11.0 Å². The van der Waals surface area contributed by atoms with E-state index < -0.39 is 36.8 Å². The average Bonchev–Trinajstić information content (AvgIpc) is 2.10. The Hall–Kier alpha value is -0.890. The number of halogens is 5. The van der Waals surface area contributed by atoms with E-state index in [2.05, 4.69) is 9.72 Å². The van der Waals surface area contributed by atoms with Gasteiger partial charge in [-0.2, -0.15) is 0 Å². The molecule has 13 heteroatoms. The van der Waals surface area contributed by atoms with Crippen molar-refractivity contribution in [3.05, 3.63) is 19.9 Å². The summed E-state index contributed by atoms with van der Waals surface area (Å²) in [6.07, 6.45) is -5.24. The Bertz CT molecular complexity index is 634. The highest BCUT2D eigenvalue weighted by Crippen LogP contribution is 2.37. The second kappa shape index (κ2) is 5.24. The van der Waals surface area contributed by atoms with E-state index >= 15 is 0 Å². The standard InChI is InChI=1S/C6HClF3IN2O5S/c7-19(16,17)4-2(18-6(8,9)10)1-3(11)12-5(4)13(14)15/h1H. The maximum absolute atomic E-state index is 12.1. The minimum Gasteiger partial charge on any atom is -0.404 e. The first-order valence-corrected chi connectivity index (χ1v) is 7.36. The highest BCUT2D eigenvalue weighted by atomic mass is 127. The maximum atomic E-state index is 12.1. The van der Waals surface area contributed by atoms with Gasteiger partial charge in [0.2, 0.25) is 8.60 Å². The van der Waals surface area contributed by atoms with Crippen molar-refractivity contribution in [2.24, 2.45) is 0 Å². The molecule has 0 bridgehead atoms. The Morgan fingerprint density at radius 2 is 2.00 bits per heavy atom. The first kappa shape index (κ1) is 16.2. The normalized spacial score (nSPS) is 12.3. The third-order valence-corrected chi connectivity index (χ3v) is 3.42. The first-order valence-electron chi connectivity index (χ1n) is 3.97. The number of hydrogen-bond donors (Lipinski definition) is 0. The van der Waals surface area contributed by atoms with Crippen molar-refractivity contribution in [3.63, 3.8) is 0 Å². The van der Waals surface area contributed by atoms with Crippen LogP contribution in [-0.2, 0) is 9.05 Å². The van der Waals surface area contributed by atoms with E-state index in [1.165, 1.54) is 22.6 Å². The molecule has 0 aliphatic heterocycles. The smallest absolute Gasteiger partial charge is 0.404 e. The Morgan fingerprint density at radius 1 is 1.47 bits per heavy atom. The molecule has 1 aromatic rings. The number of ether oxygens (including phenoxy) is 1. The van der Waals surface area contributed by atoms with Crippen molar-refractivity contribution >= 4 is 48.1 Å². The van der Waals surface area contributed by atoms with Crippen LogP contribution in [-0.4, -0.2) is 24.7 Å². The summed E-state index contributed by atoms with van der Waals surface area (Å²) in [7, 11) is 0.0135. The molecule has 0 spiro atoms. The van der Waals surface area contributed by atoms with Gasteiger partial charge in [0, 0.05) is 39.3 Å². The first-order chi connectivity index (χ1) is 8.42. The lowest BCUT2D eigenvalue weighted by atomic mass is 10.4. The lowest BCUT2D eigenvalue weighted by Gasteiger charge is -2.11. The average molecular weight is 433 g/mol. The molecule has 1 heterocycles. The number of nitro groups is 1. The number of rotatable bonds is 3. The van der Waals surface area contributed by atoms with Gasteiger partial charge >= 0.3 is 12.2 Å². The van der Waals surface area contributed by atoms with Gasteiger partial charge in [-0.15, -0.1) is 13.2 Å². The van der Waals surface area contributed by atoms with Crippen molar-refractivity contribution in [1.29, 1.82) is 0 Å². The van der Waals surface area contributed by atoms with Crippen molar-refractivity contribution in [2.75, 3.05) is 0 Å². The Morgan fingerprint density at radius 3 is 2.37 bits per heavy atom. The van der Waals surface area contributed by atoms with Crippen molar-refractivity contribution in [2.45, 2.75) is 11.3 Å². The molecule has 0 unspecified atom stereocenters. The molecule has 106 valence electrons. The van der Waals surface area contributed by atoms with E-state index in [-0.39, 0.29) is 3.70 Å². The van der Waals surface area contributed by atoms with Crippen LogP contribution >= 0.6 is 33.3 Å². The fourth-order valence-electron chi connectivity index (χ4n) is 1.02. The third-order valence-electron chi connectivity index (χ3n) is 1.53. The molecule has 0 saturated carbocycles. The molecular formula is C6HClF3IN2O5S. The van der Waals surface area contributed by atoms with E-state index in [1.807, 2.05) is 0 Å². The summed E-state index contributed by atoms with van der Waals surface area (Å²) in [4.78, 5) is 11.1. The monoisotopic (exact) mass is 432 g/mol. The number of aromatic nitrogens is 1. The quantitative estimate of drug-likeness (QED) is 0.239. The van der Waals surface area contributed by atoms with Crippen molar-refractivity contribution in [1.82, 2.24) is 4.98 Å². The van der Waals surface area contributed by atoms with Crippen molar-refractivity contribution in [3.8, 4) is 5.75 Å². The van der Waals surface area contributed by atoms with Crippen LogP contribution < -0.4 is 4.74 Å². The molecule has 1 aromatic heterocycles. The van der Waals surface area contributed by atoms with E-state index in [4.69, 9.17) is 10.7 Å². The molecule has 0 aliphatic rings. The van der Waals surface area contributed by atoms with Gasteiger partial charge in [-0.25, -0.2) is 8.42 Å². The molecule has 1 rings (SSSR count). The van der Waals surface area contributed by atoms with E-state index in [9.17, 15) is 31.7 Å². The summed E-state index contributed by atoms with van der Waals surface area (Å²) < 4.78 is 61.8. The second-order valence-electron chi connectivity index (χ2n) is 2.84. The highest BCUT2D eigenvalue weighted by molar-refractivity contribution is 14.1. The summed E-state index contributed by atoms with van der Waals surface area (Å²) in [6.45, 7) is 0. The second-order valence-corrected chi connectivity index (χ2v) is 6.45. The summed E-state index contributed by atoms with van der Waals surface area (Å²) >= 11 is 1.36. The predicted octanol–water partition coefficient (Wildman–Crippen LogP) is 2.42. The van der Waals surface area contributed by atoms with Gasteiger partial charge in [0.15, 0.2) is 5.75 Å². The topological polar surface area (TPSA) is 99.4 Å². The van der Waals surface area contributed by atoms with E-state index in [0.717, 1.165) is 0 Å². The van der Waals surface area contributed by atoms with Crippen LogP contribution in [0.3, 0.4) is 0 Å². The Labute approximate surface area is 121 Å². The molecule has 0 N–H and O–H groups in total. The minimum atomic E-state index is -5.24. The molecule has 0 atom stereocenters. The zero-order chi connectivity index (χ0) is 15.0. The summed E-state index contributed by atoms with van der Waals surface area (Å²) in [5.41, 5.74) is 0. The van der Waals surface area contributed by atoms with Crippen LogP contribution in [0.4, 0.5) is 19.0 Å². The summed E-state index contributed by atoms with van der Waals surface area (Å²) in [6, 6.07) is 0.566. The number of alkyl halides is 3. The van der Waals surface area contributed by atoms with E-state index in [0.29, 0.717) is 6.07 Å². The molecule has 7 nitrogen and oxygen atoms in total. The van der Waals surface area contributed by atoms with Crippen LogP contribution in [0, 0.1) is 13.8 Å². The Kier molecular flexibility index (Phi) is 4.46. The van der Waals surface area contributed by atoms with Crippen molar-refractivity contribution < 1.29 is 31.2 Å². The predicted molar refractivity (Wildman–Crippen MR) is 63.3 cm³/mol. The Balaban J connectivity index is 3.66. The molecule has 0 aromatic carbocycles. The highest BCUT2D eigenvalue weighted by Gasteiger charge is 2.39. The van der Waals surface area contributed by atoms with Crippen LogP contribution in [0.25, 0.3) is 0 Å². The molecule has 0 aliphatic carbocycles. The van der Waals surface area contributed by atoms with Gasteiger partial charge in [0.05, 0.1) is 0 Å². The zero-order valence-corrected chi connectivity index (χ0v) is 12.0. The van der Waals surface area contributed by atoms with Crippen LogP contribution in [0.1, 0.15) is 0 Å². The molecule has 19 heavy (non-hydrogen) atoms. The van der Waals surface area contributed by atoms with Crippen LogP contribution in [0.5, 0.6) is 5.75 Å². The summed E-state index contributed by atoms with van der Waals surface area (Å²) in [5.74, 6) is -2.66.